The van der Waals surface area contributed by atoms with Gasteiger partial charge in [0.05, 0.1) is 36.2 Å². The summed E-state index contributed by atoms with van der Waals surface area (Å²) in [6, 6.07) is 8.83. The summed E-state index contributed by atoms with van der Waals surface area (Å²) in [6.07, 6.45) is 2.48. The van der Waals surface area contributed by atoms with Gasteiger partial charge in [-0.15, -0.1) is 9.32 Å². The molecule has 0 radical (unpaired) electrons. The van der Waals surface area contributed by atoms with Crippen LogP contribution in [0, 0.1) is 17.2 Å². The van der Waals surface area contributed by atoms with Crippen molar-refractivity contribution >= 4 is 23.9 Å². The summed E-state index contributed by atoms with van der Waals surface area (Å²) in [4.78, 5) is 36.8. The van der Waals surface area contributed by atoms with Gasteiger partial charge in [0.1, 0.15) is 6.04 Å². The van der Waals surface area contributed by atoms with Crippen molar-refractivity contribution in [2.45, 2.75) is 67.3 Å². The number of benzene rings is 1. The van der Waals surface area contributed by atoms with Crippen molar-refractivity contribution in [1.82, 2.24) is 14.7 Å². The van der Waals surface area contributed by atoms with Crippen LogP contribution in [0.3, 0.4) is 0 Å². The first kappa shape index (κ1) is 22.6. The molecule has 4 N–H and O–H groups in total. The Hall–Kier alpha value is -2.20. The van der Waals surface area contributed by atoms with E-state index in [1.165, 1.54) is 0 Å². The van der Waals surface area contributed by atoms with E-state index in [0.717, 1.165) is 41.8 Å². The lowest BCUT2D eigenvalue weighted by atomic mass is 10.1. The van der Waals surface area contributed by atoms with E-state index < -0.39 is 6.04 Å². The Morgan fingerprint density at radius 1 is 1.30 bits per heavy atom. The molecule has 4 fully saturated rings. The maximum absolute atomic E-state index is 13.2. The Balaban J connectivity index is 1.19. The minimum atomic E-state index is -0.719. The van der Waals surface area contributed by atoms with Crippen LogP contribution >= 0.6 is 12.0 Å². The molecular weight excluding hydrogens is 444 g/mol. The Morgan fingerprint density at radius 2 is 2.06 bits per heavy atom. The molecule has 3 heterocycles. The number of piperazine rings is 1. The lowest BCUT2D eigenvalue weighted by Crippen LogP contribution is -2.57. The van der Waals surface area contributed by atoms with E-state index in [2.05, 4.69) is 15.4 Å². The second kappa shape index (κ2) is 8.87. The summed E-state index contributed by atoms with van der Waals surface area (Å²) in [6.45, 7) is 3.07. The SMILES string of the molecule is C[C@@H](c1ccc(SOON)cc1)N1C(=O)[C@@H]2CC1CN2C[C@H](N)C(=O)N1[C@H](C#N)C[C@@H]2C[C@@H]21. The summed E-state index contributed by atoms with van der Waals surface area (Å²) in [7, 11) is 0. The van der Waals surface area contributed by atoms with Crippen LogP contribution in [0.1, 0.15) is 37.8 Å². The number of nitrogens with two attached hydrogens (primary N) is 2. The van der Waals surface area contributed by atoms with Crippen LogP contribution in [0.5, 0.6) is 0 Å². The zero-order valence-electron chi connectivity index (χ0n) is 18.4. The van der Waals surface area contributed by atoms with Crippen LogP contribution in [-0.2, 0) is 18.9 Å². The van der Waals surface area contributed by atoms with Gasteiger partial charge in [0.2, 0.25) is 11.8 Å². The molecule has 2 amide bonds. The van der Waals surface area contributed by atoms with Crippen LogP contribution in [0.4, 0.5) is 0 Å². The zero-order chi connectivity index (χ0) is 23.3. The fourth-order valence-corrected chi connectivity index (χ4v) is 6.20. The molecule has 1 aromatic rings. The maximum Gasteiger partial charge on any atom is 0.242 e. The molecule has 0 spiro atoms. The number of hydrogen-bond donors (Lipinski definition) is 2. The summed E-state index contributed by atoms with van der Waals surface area (Å²) in [5.41, 5.74) is 7.32. The Bertz CT molecular complexity index is 971. The van der Waals surface area contributed by atoms with E-state index in [-0.39, 0.29) is 42.0 Å². The predicted octanol–water partition coefficient (Wildman–Crippen LogP) is 0.702. The van der Waals surface area contributed by atoms with Gasteiger partial charge in [0.15, 0.2) is 0 Å². The molecule has 176 valence electrons. The Kier molecular flexibility index (Phi) is 6.07. The topological polar surface area (TPSA) is 138 Å². The Morgan fingerprint density at radius 3 is 2.73 bits per heavy atom. The third-order valence-corrected chi connectivity index (χ3v) is 8.13. The average Bonchev–Trinajstić information content (AvgIpc) is 3.15. The van der Waals surface area contributed by atoms with Gasteiger partial charge in [-0.1, -0.05) is 12.1 Å². The van der Waals surface area contributed by atoms with Crippen molar-refractivity contribution in [1.29, 1.82) is 5.26 Å². The average molecular weight is 473 g/mol. The minimum Gasteiger partial charge on any atom is -0.330 e. The molecule has 3 saturated heterocycles. The first-order chi connectivity index (χ1) is 15.9. The van der Waals surface area contributed by atoms with Crippen LogP contribution < -0.4 is 11.6 Å². The number of rotatable bonds is 8. The van der Waals surface area contributed by atoms with Gasteiger partial charge in [-0.25, -0.2) is 0 Å². The van der Waals surface area contributed by atoms with E-state index in [4.69, 9.17) is 11.6 Å². The molecule has 11 heteroatoms. The van der Waals surface area contributed by atoms with Crippen LogP contribution in [0.15, 0.2) is 29.2 Å². The highest BCUT2D eigenvalue weighted by atomic mass is 32.2. The highest BCUT2D eigenvalue weighted by Crippen LogP contribution is 2.48. The van der Waals surface area contributed by atoms with Crippen LogP contribution in [0.25, 0.3) is 0 Å². The summed E-state index contributed by atoms with van der Waals surface area (Å²) in [5, 5.41) is 9.38. The Labute approximate surface area is 196 Å². The number of carbonyl (C=O) groups is 2. The number of hydrogen-bond acceptors (Lipinski definition) is 9. The third kappa shape index (κ3) is 4.01. The van der Waals surface area contributed by atoms with Gasteiger partial charge >= 0.3 is 0 Å². The quantitative estimate of drug-likeness (QED) is 0.318. The molecule has 7 atom stereocenters. The highest BCUT2D eigenvalue weighted by molar-refractivity contribution is 7.94. The molecule has 10 nitrogen and oxygen atoms in total. The fraction of sp³-hybridized carbons (Fsp3) is 0.591. The molecule has 1 aromatic carbocycles. The van der Waals surface area contributed by atoms with E-state index in [9.17, 15) is 14.9 Å². The molecule has 1 saturated carbocycles. The first-order valence-corrected chi connectivity index (χ1v) is 12.0. The first-order valence-electron chi connectivity index (χ1n) is 11.3. The van der Waals surface area contributed by atoms with E-state index >= 15 is 0 Å². The second-order valence-electron chi connectivity index (χ2n) is 9.39. The second-order valence-corrected chi connectivity index (χ2v) is 10.2. The van der Waals surface area contributed by atoms with Crippen LogP contribution in [0.2, 0.25) is 0 Å². The number of piperidine rings is 1. The maximum atomic E-state index is 13.2. The van der Waals surface area contributed by atoms with Crippen molar-refractivity contribution in [3.63, 3.8) is 0 Å². The molecule has 1 aliphatic carbocycles. The fourth-order valence-electron chi connectivity index (χ4n) is 5.83. The van der Waals surface area contributed by atoms with E-state index in [0.29, 0.717) is 19.0 Å². The van der Waals surface area contributed by atoms with Crippen LogP contribution in [-0.4, -0.2) is 69.8 Å². The van der Waals surface area contributed by atoms with Crippen molar-refractivity contribution in [2.75, 3.05) is 13.1 Å². The van der Waals surface area contributed by atoms with Gasteiger partial charge in [-0.3, -0.25) is 14.5 Å². The lowest BCUT2D eigenvalue weighted by Gasteiger charge is -2.38. The zero-order valence-corrected chi connectivity index (χ0v) is 19.2. The van der Waals surface area contributed by atoms with Crippen molar-refractivity contribution in [3.8, 4) is 6.07 Å². The van der Waals surface area contributed by atoms with Crippen molar-refractivity contribution < 1.29 is 18.9 Å². The number of nitriles is 1. The minimum absolute atomic E-state index is 0.0662. The highest BCUT2D eigenvalue weighted by Gasteiger charge is 2.56. The van der Waals surface area contributed by atoms with Gasteiger partial charge in [-0.05, 0) is 49.8 Å². The van der Waals surface area contributed by atoms with Gasteiger partial charge in [-0.2, -0.15) is 11.2 Å². The summed E-state index contributed by atoms with van der Waals surface area (Å²) in [5.74, 6) is 5.24. The smallest absolute Gasteiger partial charge is 0.242 e. The van der Waals surface area contributed by atoms with Crippen molar-refractivity contribution in [3.05, 3.63) is 29.8 Å². The molecular formula is C22H28N6O4S. The molecule has 2 bridgehead atoms. The van der Waals surface area contributed by atoms with E-state index in [1.54, 1.807) is 4.90 Å². The standard InChI is InChI=1S/C22H28N6O4S/c1-12(13-2-4-17(5-3-13)33-32-31-25)27-16-8-20(22(27)30)26(10-16)11-18(24)21(29)28-15(9-23)6-14-7-19(14)28/h2-5,12,14-16,18-20H,6-8,10-11,24-25H2,1H3/t12-,14+,15-,16?,18-,19-,20-/m0/s1. The third-order valence-electron chi connectivity index (χ3n) is 7.52. The van der Waals surface area contributed by atoms with Gasteiger partial charge in [0, 0.05) is 30.1 Å². The molecule has 0 aromatic heterocycles. The monoisotopic (exact) mass is 472 g/mol. The molecule has 4 aliphatic rings. The molecule has 5 rings (SSSR count). The summed E-state index contributed by atoms with van der Waals surface area (Å²) < 4.78 is 4.66. The number of amides is 2. The molecule has 1 unspecified atom stereocenters. The number of likely N-dealkylation sites (tertiary alicyclic amines) is 3. The number of carbonyl (C=O) groups excluding carboxylic acids is 2. The number of fused-ring (bicyclic) bond motifs is 3. The van der Waals surface area contributed by atoms with Crippen molar-refractivity contribution in [2.24, 2.45) is 17.5 Å². The normalized spacial score (nSPS) is 32.1. The largest absolute Gasteiger partial charge is 0.330 e. The molecule has 33 heavy (non-hydrogen) atoms. The van der Waals surface area contributed by atoms with Gasteiger partial charge in [0.25, 0.3) is 0 Å². The van der Waals surface area contributed by atoms with E-state index in [1.807, 2.05) is 41.0 Å². The molecule has 3 aliphatic heterocycles. The lowest BCUT2D eigenvalue weighted by molar-refractivity contribution is -0.195. The number of nitrogens with zero attached hydrogens (tertiary/aromatic N) is 4. The predicted molar refractivity (Wildman–Crippen MR) is 118 cm³/mol. The summed E-state index contributed by atoms with van der Waals surface area (Å²) >= 11 is 1.01. The van der Waals surface area contributed by atoms with Gasteiger partial charge < -0.3 is 15.5 Å².